The zero-order valence-corrected chi connectivity index (χ0v) is 81.9. The van der Waals surface area contributed by atoms with Crippen molar-refractivity contribution in [2.24, 2.45) is 96.0 Å². The number of rotatable bonds is 21. The molecule has 0 bridgehead atoms. The number of aliphatic hydroxyl groups excluding tert-OH is 3. The van der Waals surface area contributed by atoms with Gasteiger partial charge in [0.2, 0.25) is 0 Å². The van der Waals surface area contributed by atoms with E-state index in [2.05, 4.69) is 167 Å². The Morgan fingerprint density at radius 1 is 0.626 bits per heavy atom. The van der Waals surface area contributed by atoms with E-state index < -0.39 is 11.7 Å². The van der Waals surface area contributed by atoms with Crippen LogP contribution < -0.4 is 27.0 Å². The second-order valence-corrected chi connectivity index (χ2v) is 47.9. The van der Waals surface area contributed by atoms with Crippen LogP contribution in [0.3, 0.4) is 0 Å². The highest BCUT2D eigenvalue weighted by molar-refractivity contribution is 5.98. The Balaban J connectivity index is 0.000000144. The van der Waals surface area contributed by atoms with E-state index in [0.29, 0.717) is 103 Å². The molecule has 4 aromatic heterocycles. The smallest absolute Gasteiger partial charge is 0.352 e. The van der Waals surface area contributed by atoms with Gasteiger partial charge in [0.1, 0.15) is 37.7 Å². The Morgan fingerprint density at radius 3 is 1.78 bits per heavy atom. The number of nitrogens with one attached hydrogen (secondary N) is 2. The monoisotopic (exact) mass is 1800 g/mol. The lowest BCUT2D eigenvalue weighted by Gasteiger charge is -2.57. The van der Waals surface area contributed by atoms with E-state index in [4.69, 9.17) is 4.74 Å². The van der Waals surface area contributed by atoms with Crippen LogP contribution in [0.25, 0.3) is 5.69 Å². The second-order valence-electron chi connectivity index (χ2n) is 47.9. The molecule has 1 saturated heterocycles. The van der Waals surface area contributed by atoms with Crippen molar-refractivity contribution >= 4 is 23.2 Å². The Kier molecular flexibility index (Phi) is 27.1. The van der Waals surface area contributed by atoms with Crippen LogP contribution in [0.5, 0.6) is 5.75 Å². The van der Waals surface area contributed by atoms with Crippen molar-refractivity contribution in [3.05, 3.63) is 127 Å². The van der Waals surface area contributed by atoms with E-state index in [1.165, 1.54) is 91.1 Å². The van der Waals surface area contributed by atoms with Crippen molar-refractivity contribution in [2.75, 3.05) is 54.9 Å². The summed E-state index contributed by atoms with van der Waals surface area (Å²) in [5.41, 5.74) is 17.7. The second kappa shape index (κ2) is 37.3. The van der Waals surface area contributed by atoms with E-state index in [0.717, 1.165) is 209 Å². The van der Waals surface area contributed by atoms with Crippen LogP contribution in [0.2, 0.25) is 0 Å². The molecule has 1 aromatic carbocycles. The number of aliphatic hydroxyl groups is 4. The lowest BCUT2D eigenvalue weighted by atomic mass is 9.47. The molecule has 27 heteroatoms. The van der Waals surface area contributed by atoms with Crippen LogP contribution in [0, 0.1) is 85.8 Å². The summed E-state index contributed by atoms with van der Waals surface area (Å²) in [5, 5.41) is 77.2. The number of quaternary nitrogens is 2. The molecule has 6 N–H and O–H groups in total. The Morgan fingerprint density at radius 2 is 1.19 bits per heavy atom. The van der Waals surface area contributed by atoms with E-state index >= 15 is 0 Å². The van der Waals surface area contributed by atoms with E-state index in [9.17, 15) is 39.6 Å². The van der Waals surface area contributed by atoms with Gasteiger partial charge in [0, 0.05) is 37.1 Å². The number of hydrazone groups is 2. The van der Waals surface area contributed by atoms with Gasteiger partial charge in [-0.25, -0.2) is 48.4 Å². The SMILES string of the molecule is CC(CCCC(C)(C)O)C1CCC2/C(=C/C3C4=C(C[C@@H](O)CC4)Cn4c(=O)n(-c5ccc(OCCn6cc(C7CCC(C)(C)CC7)nn6)cc5)c(=O)n43)CCC[C@@]21C.C[C@]12CC[C@H]3[C@@H](CCC4=C/C(=N\NC(=O)Cn5cc(C6CC[N+](C)(C)CC6)nn5)CC[C@@]43C)[C@@H]1CC[C@H]2O.C[C@]12CC[C@H]3[C@@H](CCC4=C/C(=N\NC(=O)Cn5cc(C[N+](C)(C)C)nn5)CC[C@@]43C)[C@@H]1CC[C@H]2O. The molecule has 0 radical (unpaired) electrons. The zero-order valence-electron chi connectivity index (χ0n) is 81.9. The number of benzene rings is 1. The third kappa shape index (κ3) is 19.8. The molecule has 0 spiro atoms. The highest BCUT2D eigenvalue weighted by atomic mass is 16.5. The van der Waals surface area contributed by atoms with Gasteiger partial charge in [0.15, 0.2) is 0 Å². The molecule has 14 aliphatic rings. The molecule has 18 atom stereocenters. The fourth-order valence-electron chi connectivity index (χ4n) is 28.9. The molecule has 10 fully saturated rings. The van der Waals surface area contributed by atoms with Crippen LogP contribution in [0.4, 0.5) is 0 Å². The number of likely N-dealkylation sites (tertiary alicyclic amines) is 1. The van der Waals surface area contributed by atoms with Crippen molar-refractivity contribution in [3.63, 3.8) is 0 Å². The average molecular weight is 1800 g/mol. The quantitative estimate of drug-likeness (QED) is 0.0226. The van der Waals surface area contributed by atoms with Gasteiger partial charge in [-0.05, 0) is 333 Å². The van der Waals surface area contributed by atoms with Gasteiger partial charge in [-0.1, -0.05) is 107 Å². The molecule has 19 rings (SSSR count). The molecular formula is C104H158N18O9+2. The zero-order chi connectivity index (χ0) is 92.7. The number of piperidine rings is 1. The summed E-state index contributed by atoms with van der Waals surface area (Å²) in [6, 6.07) is 6.89. The summed E-state index contributed by atoms with van der Waals surface area (Å²) in [6.07, 6.45) is 47.4. The molecule has 716 valence electrons. The van der Waals surface area contributed by atoms with Gasteiger partial charge >= 0.3 is 11.4 Å². The minimum absolute atomic E-state index is 0.116. The topological polar surface area (TPSA) is 314 Å². The number of hydrogen-bond acceptors (Lipinski definition) is 17. The van der Waals surface area contributed by atoms with E-state index in [1.54, 1.807) is 30.9 Å². The first-order valence-electron chi connectivity index (χ1n) is 51.0. The fraction of sp³-hybridized carbons (Fsp3) is 0.750. The number of hydrogen-bond donors (Lipinski definition) is 6. The van der Waals surface area contributed by atoms with Gasteiger partial charge in [-0.2, -0.15) is 10.2 Å². The fourth-order valence-corrected chi connectivity index (χ4v) is 28.9. The number of aromatic nitrogens is 12. The number of nitrogens with zero attached hydrogens (tertiary/aromatic N) is 16. The molecule has 27 nitrogen and oxygen atoms in total. The number of carbonyl (C=O) groups excluding carboxylic acids is 2. The number of allylic oxidation sites excluding steroid dienone is 7. The maximum absolute atomic E-state index is 14.5. The maximum Gasteiger partial charge on any atom is 0.352 e. The normalized spacial score (nSPS) is 34.3. The highest BCUT2D eigenvalue weighted by Gasteiger charge is 2.61. The summed E-state index contributed by atoms with van der Waals surface area (Å²) in [4.78, 5) is 53.9. The molecule has 131 heavy (non-hydrogen) atoms. The summed E-state index contributed by atoms with van der Waals surface area (Å²) in [5.74, 6) is 7.11. The van der Waals surface area contributed by atoms with Crippen molar-refractivity contribution in [3.8, 4) is 11.4 Å². The van der Waals surface area contributed by atoms with Crippen LogP contribution in [0.1, 0.15) is 316 Å². The Labute approximate surface area is 777 Å². The third-order valence-electron chi connectivity index (χ3n) is 36.7. The van der Waals surface area contributed by atoms with E-state index in [1.807, 2.05) is 43.1 Å². The first kappa shape index (κ1) is 94.9. The number of carbonyl (C=O) groups is 2. The molecule has 5 aromatic rings. The lowest BCUT2D eigenvalue weighted by molar-refractivity contribution is -0.895. The summed E-state index contributed by atoms with van der Waals surface area (Å²) in [6.45, 7) is 27.7. The predicted molar refractivity (Wildman–Crippen MR) is 508 cm³/mol. The van der Waals surface area contributed by atoms with Gasteiger partial charge in [0.25, 0.3) is 11.8 Å². The standard InChI is InChI=1S/C47H68N6O5.C30H46N6O2.C27H42N6O2/c1-31(9-7-21-46(4,5)57)39-17-18-40-33(10-8-22-47(39,40)6)28-42-38-16-13-36(54)27-34(38)29-51-43(55)52(44(56)53(42)51)35-11-14-37(15-12-35)58-26-25-50-30-41(48-49-50)32-19-23-45(2,3)24-20-32;1-29-13-9-22(17-21(29)5-6-23-24-7-8-27(37)30(24,2)14-10-25(23)29)31-33-28(38)19-35-18-26(32-34-35)20-11-15-36(3,4)16-12-20;1-26-12-10-19(28-30-25(35)16-32-15-20(29-31-32)17-33(3,4)5)14-18(26)6-7-21-22-8-9-24(34)27(22,2)13-11-23(21)26/h11-12,14-15,28,30-32,36,39-40,42,54,57H,7-10,13,16-27,29H2,1-6H3;17-18,20,23-25,27,37H,5-16,19H2,1-4H3;14-15,21-24,34H,6-13,16-17H2,1-5H3/p+2/b33-28+;31-22-;28-19-/t31?,36-,39?,40?,42?,47+;23-,24-,25-,27+,29-,30-;21-,22-,23-,24+,26-,27-/m000/s1. The molecule has 6 heterocycles. The summed E-state index contributed by atoms with van der Waals surface area (Å²) >= 11 is 0. The number of amides is 2. The van der Waals surface area contributed by atoms with Gasteiger partial charge in [-0.3, -0.25) is 9.59 Å². The minimum Gasteiger partial charge on any atom is -0.492 e. The van der Waals surface area contributed by atoms with Crippen LogP contribution in [0.15, 0.2) is 109 Å². The first-order valence-corrected chi connectivity index (χ1v) is 51.0. The molecule has 12 aliphatic carbocycles. The van der Waals surface area contributed by atoms with Gasteiger partial charge in [-0.15, -0.1) is 15.3 Å². The lowest BCUT2D eigenvalue weighted by Crippen LogP contribution is -2.51. The first-order chi connectivity index (χ1) is 62.1. The Hall–Kier alpha value is -7.82. The van der Waals surface area contributed by atoms with Crippen LogP contribution >= 0.6 is 0 Å². The highest BCUT2D eigenvalue weighted by Crippen LogP contribution is 2.68. The van der Waals surface area contributed by atoms with Crippen LogP contribution in [-0.2, 0) is 42.3 Å². The molecule has 4 unspecified atom stereocenters. The Bertz CT molecular complexity index is 5270. The molecule has 9 saturated carbocycles. The summed E-state index contributed by atoms with van der Waals surface area (Å²) in [7, 11) is 10.9. The molecule has 2 aliphatic heterocycles. The predicted octanol–water partition coefficient (Wildman–Crippen LogP) is 15.6. The maximum atomic E-state index is 14.5. The average Bonchev–Trinajstić information content (AvgIpc) is 1.69. The van der Waals surface area contributed by atoms with Crippen molar-refractivity contribution in [2.45, 2.75) is 356 Å². The number of ether oxygens (including phenoxy) is 1. The van der Waals surface area contributed by atoms with Gasteiger partial charge < -0.3 is 34.1 Å². The van der Waals surface area contributed by atoms with E-state index in [-0.39, 0.29) is 81.6 Å². The van der Waals surface area contributed by atoms with Gasteiger partial charge in [0.05, 0.1) is 126 Å². The molecular weight excluding hydrogens is 1650 g/mol. The number of fused-ring (bicyclic) bond motifs is 12. The van der Waals surface area contributed by atoms with Crippen LogP contribution in [-0.4, -0.2) is 190 Å². The van der Waals surface area contributed by atoms with Crippen molar-refractivity contribution < 1.29 is 43.7 Å². The molecule has 2 amide bonds. The van der Waals surface area contributed by atoms with Crippen molar-refractivity contribution in [1.82, 2.24) is 69.8 Å². The summed E-state index contributed by atoms with van der Waals surface area (Å²) < 4.78 is 17.6. The largest absolute Gasteiger partial charge is 0.492 e. The minimum atomic E-state index is -0.627. The third-order valence-corrected chi connectivity index (χ3v) is 36.7. The van der Waals surface area contributed by atoms with Crippen molar-refractivity contribution in [1.29, 1.82) is 0 Å².